The van der Waals surface area contributed by atoms with Gasteiger partial charge in [0.05, 0.1) is 34.2 Å². The molecule has 0 amide bonds. The Bertz CT molecular complexity index is 1020. The van der Waals surface area contributed by atoms with Gasteiger partial charge in [-0.25, -0.2) is 4.98 Å². The van der Waals surface area contributed by atoms with Crippen molar-refractivity contribution in [2.24, 2.45) is 9.98 Å². The maximum absolute atomic E-state index is 4.84. The molecule has 3 aromatic rings. The molecule has 0 aliphatic rings. The summed E-state index contributed by atoms with van der Waals surface area (Å²) >= 11 is 0. The van der Waals surface area contributed by atoms with Crippen LogP contribution in [0.1, 0.15) is 41.9 Å². The van der Waals surface area contributed by atoms with E-state index in [1.807, 2.05) is 50.2 Å². The number of rotatable bonds is 4. The second-order valence-corrected chi connectivity index (χ2v) is 6.83. The summed E-state index contributed by atoms with van der Waals surface area (Å²) in [6, 6.07) is 20.4. The van der Waals surface area contributed by atoms with Crippen LogP contribution in [0.4, 0.5) is 11.4 Å². The standard InChI is InChI=1S/C24H25N3.ClH.Fe/c1-16-10-6-7-13-21(16)25-19(4)22-14-9-15-23(27-22)20(5)26-24-17(2)11-8-12-18(24)3;;/h6-15H,1-5H3;1H;. The van der Waals surface area contributed by atoms with Crippen LogP contribution < -0.4 is 0 Å². The fourth-order valence-electron chi connectivity index (χ4n) is 2.97. The first-order chi connectivity index (χ1) is 13.0. The molecule has 1 aromatic heterocycles. The predicted molar refractivity (Wildman–Crippen MR) is 122 cm³/mol. The summed E-state index contributed by atoms with van der Waals surface area (Å²) < 4.78 is 0. The average Bonchev–Trinajstić information content (AvgIpc) is 2.66. The summed E-state index contributed by atoms with van der Waals surface area (Å²) in [6.45, 7) is 10.2. The quantitative estimate of drug-likeness (QED) is 0.323. The zero-order chi connectivity index (χ0) is 19.4. The van der Waals surface area contributed by atoms with Gasteiger partial charge in [-0.1, -0.05) is 42.5 Å². The minimum absolute atomic E-state index is 0. The molecule has 3 nitrogen and oxygen atoms in total. The minimum Gasteiger partial charge on any atom is -0.251 e. The van der Waals surface area contributed by atoms with Crippen molar-refractivity contribution >= 4 is 35.2 Å². The Hall–Kier alpha value is -2.26. The fourth-order valence-corrected chi connectivity index (χ4v) is 2.97. The van der Waals surface area contributed by atoms with Gasteiger partial charge in [0, 0.05) is 17.1 Å². The third kappa shape index (κ3) is 6.11. The number of halogens is 1. The van der Waals surface area contributed by atoms with Crippen LogP contribution in [0.15, 0.2) is 70.6 Å². The number of pyridine rings is 1. The Morgan fingerprint density at radius 1 is 0.655 bits per heavy atom. The third-order valence-corrected chi connectivity index (χ3v) is 4.61. The van der Waals surface area contributed by atoms with E-state index in [2.05, 4.69) is 45.0 Å². The van der Waals surface area contributed by atoms with Gasteiger partial charge < -0.3 is 0 Å². The van der Waals surface area contributed by atoms with Crippen LogP contribution in [0.3, 0.4) is 0 Å². The Kier molecular flexibility index (Phi) is 9.45. The van der Waals surface area contributed by atoms with E-state index in [1.165, 1.54) is 11.1 Å². The monoisotopic (exact) mass is 447 g/mol. The molecule has 29 heavy (non-hydrogen) atoms. The van der Waals surface area contributed by atoms with Crippen LogP contribution in [0.5, 0.6) is 0 Å². The zero-order valence-electron chi connectivity index (χ0n) is 17.4. The molecule has 2 aromatic carbocycles. The van der Waals surface area contributed by atoms with Gasteiger partial charge in [-0.15, -0.1) is 12.4 Å². The van der Waals surface area contributed by atoms with Gasteiger partial charge in [0.25, 0.3) is 0 Å². The number of aliphatic imine (C=N–C) groups is 2. The molecule has 0 saturated carbocycles. The summed E-state index contributed by atoms with van der Waals surface area (Å²) in [5, 5.41) is 0. The number of para-hydroxylation sites is 2. The zero-order valence-corrected chi connectivity index (χ0v) is 19.3. The normalized spacial score (nSPS) is 11.5. The summed E-state index contributed by atoms with van der Waals surface area (Å²) in [5.74, 6) is 0. The van der Waals surface area contributed by atoms with E-state index >= 15 is 0 Å². The fraction of sp³-hybridized carbons (Fsp3) is 0.208. The molecule has 0 aliphatic carbocycles. The predicted octanol–water partition coefficient (Wildman–Crippen LogP) is 6.71. The molecule has 1 heterocycles. The minimum atomic E-state index is 0. The number of hydrogen-bond donors (Lipinski definition) is 0. The Morgan fingerprint density at radius 3 is 1.72 bits per heavy atom. The first kappa shape index (κ1) is 24.8. The number of hydrogen-bond acceptors (Lipinski definition) is 3. The van der Waals surface area contributed by atoms with Gasteiger partial charge in [-0.2, -0.15) is 0 Å². The van der Waals surface area contributed by atoms with Crippen LogP contribution in [0.25, 0.3) is 0 Å². The van der Waals surface area contributed by atoms with E-state index in [0.29, 0.717) is 0 Å². The number of benzene rings is 2. The molecule has 0 fully saturated rings. The number of aromatic nitrogens is 1. The smallest absolute Gasteiger partial charge is 0.0849 e. The summed E-state index contributed by atoms with van der Waals surface area (Å²) in [4.78, 5) is 14.4. The second kappa shape index (κ2) is 11.1. The second-order valence-electron chi connectivity index (χ2n) is 6.83. The third-order valence-electron chi connectivity index (χ3n) is 4.61. The molecule has 0 radical (unpaired) electrons. The SMILES string of the molecule is CC(=Nc1ccccc1C)c1cccc(C(C)=Nc2c(C)cccc2C)n1.Cl.[Fe]. The number of nitrogens with zero attached hydrogens (tertiary/aromatic N) is 3. The van der Waals surface area contributed by atoms with E-state index in [1.54, 1.807) is 0 Å². The topological polar surface area (TPSA) is 37.6 Å². The molecule has 0 bridgehead atoms. The molecule has 5 heteroatoms. The Balaban J connectivity index is 0.00000210. The molecule has 0 atom stereocenters. The number of aryl methyl sites for hydroxylation is 3. The molecule has 3 rings (SSSR count). The van der Waals surface area contributed by atoms with Crippen LogP contribution in [-0.2, 0) is 17.1 Å². The maximum atomic E-state index is 4.84. The summed E-state index contributed by atoms with van der Waals surface area (Å²) in [5.41, 5.74) is 9.02. The van der Waals surface area contributed by atoms with Crippen LogP contribution >= 0.6 is 12.4 Å². The van der Waals surface area contributed by atoms with Crippen molar-refractivity contribution in [3.05, 3.63) is 88.7 Å². The molecule has 0 spiro atoms. The molecule has 0 saturated heterocycles. The average molecular weight is 448 g/mol. The van der Waals surface area contributed by atoms with Crippen LogP contribution in [0, 0.1) is 20.8 Å². The first-order valence-corrected chi connectivity index (χ1v) is 9.16. The summed E-state index contributed by atoms with van der Waals surface area (Å²) in [7, 11) is 0. The summed E-state index contributed by atoms with van der Waals surface area (Å²) in [6.07, 6.45) is 0. The van der Waals surface area contributed by atoms with Gasteiger partial charge in [0.2, 0.25) is 0 Å². The van der Waals surface area contributed by atoms with Crippen molar-refractivity contribution in [3.8, 4) is 0 Å². The van der Waals surface area contributed by atoms with E-state index < -0.39 is 0 Å². The maximum Gasteiger partial charge on any atom is 0.0849 e. The van der Waals surface area contributed by atoms with Crippen molar-refractivity contribution in [1.82, 2.24) is 4.98 Å². The van der Waals surface area contributed by atoms with Crippen molar-refractivity contribution in [2.75, 3.05) is 0 Å². The largest absolute Gasteiger partial charge is 0.251 e. The van der Waals surface area contributed by atoms with Crippen LogP contribution in [-0.4, -0.2) is 16.4 Å². The molecule has 0 N–H and O–H groups in total. The molecule has 152 valence electrons. The molecule has 0 unspecified atom stereocenters. The van der Waals surface area contributed by atoms with E-state index in [0.717, 1.165) is 39.7 Å². The van der Waals surface area contributed by atoms with Crippen molar-refractivity contribution in [3.63, 3.8) is 0 Å². The molecule has 0 aliphatic heterocycles. The Morgan fingerprint density at radius 2 is 1.14 bits per heavy atom. The van der Waals surface area contributed by atoms with Gasteiger partial charge in [-0.3, -0.25) is 9.98 Å². The Labute approximate surface area is 190 Å². The van der Waals surface area contributed by atoms with Crippen molar-refractivity contribution in [2.45, 2.75) is 34.6 Å². The van der Waals surface area contributed by atoms with E-state index in [4.69, 9.17) is 15.0 Å². The van der Waals surface area contributed by atoms with Crippen molar-refractivity contribution in [1.29, 1.82) is 0 Å². The molecular formula is C24H26ClFeN3. The van der Waals surface area contributed by atoms with Crippen molar-refractivity contribution < 1.29 is 17.1 Å². The van der Waals surface area contributed by atoms with Gasteiger partial charge in [0.15, 0.2) is 0 Å². The van der Waals surface area contributed by atoms with Gasteiger partial charge in [-0.05, 0) is 69.5 Å². The molecular weight excluding hydrogens is 422 g/mol. The first-order valence-electron chi connectivity index (χ1n) is 9.16. The van der Waals surface area contributed by atoms with E-state index in [-0.39, 0.29) is 29.5 Å². The van der Waals surface area contributed by atoms with Gasteiger partial charge >= 0.3 is 0 Å². The van der Waals surface area contributed by atoms with E-state index in [9.17, 15) is 0 Å². The van der Waals surface area contributed by atoms with Crippen LogP contribution in [0.2, 0.25) is 0 Å². The van der Waals surface area contributed by atoms with Gasteiger partial charge in [0.1, 0.15) is 0 Å².